The van der Waals surface area contributed by atoms with Crippen molar-refractivity contribution in [2.45, 2.75) is 50.2 Å². The van der Waals surface area contributed by atoms with Crippen molar-refractivity contribution in [3.63, 3.8) is 0 Å². The van der Waals surface area contributed by atoms with Crippen LogP contribution >= 0.6 is 0 Å². The summed E-state index contributed by atoms with van der Waals surface area (Å²) < 4.78 is 12.3. The Balaban J connectivity index is 2.22. The van der Waals surface area contributed by atoms with Crippen LogP contribution in [0.5, 0.6) is 0 Å². The van der Waals surface area contributed by atoms with Gasteiger partial charge in [0.25, 0.3) is 0 Å². The second-order valence-electron chi connectivity index (χ2n) is 5.16. The first kappa shape index (κ1) is 13.8. The Bertz CT molecular complexity index is 415. The molecule has 100 valence electrons. The average molecular weight is 265 g/mol. The fourth-order valence-corrected chi connectivity index (χ4v) is 4.18. The van der Waals surface area contributed by atoms with E-state index in [0.29, 0.717) is 5.25 Å². The molecule has 1 aromatic carbocycles. The number of aryl methyl sites for hydroxylation is 1. The van der Waals surface area contributed by atoms with Gasteiger partial charge in [-0.05, 0) is 37.4 Å². The van der Waals surface area contributed by atoms with Crippen molar-refractivity contribution in [3.8, 4) is 0 Å². The first-order valence-corrected chi connectivity index (χ1v) is 8.12. The van der Waals surface area contributed by atoms with E-state index < -0.39 is 10.8 Å². The maximum atomic E-state index is 12.3. The summed E-state index contributed by atoms with van der Waals surface area (Å²) in [5, 5.41) is 4.03. The van der Waals surface area contributed by atoms with Crippen molar-refractivity contribution in [1.29, 1.82) is 0 Å². The van der Waals surface area contributed by atoms with Gasteiger partial charge in [0.1, 0.15) is 0 Å². The van der Waals surface area contributed by atoms with Gasteiger partial charge < -0.3 is 5.32 Å². The van der Waals surface area contributed by atoms with Gasteiger partial charge >= 0.3 is 0 Å². The first-order valence-electron chi connectivity index (χ1n) is 6.85. The van der Waals surface area contributed by atoms with Gasteiger partial charge in [0.15, 0.2) is 0 Å². The minimum atomic E-state index is -0.747. The predicted octanol–water partition coefficient (Wildman–Crippen LogP) is 2.81. The van der Waals surface area contributed by atoms with E-state index in [9.17, 15) is 4.21 Å². The Kier molecular flexibility index (Phi) is 4.57. The van der Waals surface area contributed by atoms with Crippen molar-refractivity contribution in [2.24, 2.45) is 0 Å². The molecular weight excluding hydrogens is 242 g/mol. The first-order chi connectivity index (χ1) is 8.63. The van der Waals surface area contributed by atoms with Crippen molar-refractivity contribution in [1.82, 2.24) is 5.32 Å². The lowest BCUT2D eigenvalue weighted by Crippen LogP contribution is -2.31. The van der Waals surface area contributed by atoms with E-state index in [2.05, 4.69) is 50.4 Å². The van der Waals surface area contributed by atoms with E-state index in [4.69, 9.17) is 0 Å². The highest BCUT2D eigenvalue weighted by molar-refractivity contribution is 7.86. The van der Waals surface area contributed by atoms with Crippen LogP contribution < -0.4 is 5.32 Å². The third-order valence-electron chi connectivity index (χ3n) is 3.89. The zero-order valence-electron chi connectivity index (χ0n) is 11.5. The number of hydrogen-bond donors (Lipinski definition) is 1. The molecule has 3 heteroatoms. The van der Waals surface area contributed by atoms with Gasteiger partial charge in [-0.2, -0.15) is 0 Å². The van der Waals surface area contributed by atoms with Gasteiger partial charge in [0, 0.05) is 22.1 Å². The molecule has 1 aliphatic heterocycles. The van der Waals surface area contributed by atoms with Gasteiger partial charge in [-0.3, -0.25) is 4.21 Å². The number of hydrogen-bond acceptors (Lipinski definition) is 2. The van der Waals surface area contributed by atoms with Crippen molar-refractivity contribution < 1.29 is 4.21 Å². The van der Waals surface area contributed by atoms with Gasteiger partial charge in [0.2, 0.25) is 0 Å². The molecule has 1 aromatic rings. The quantitative estimate of drug-likeness (QED) is 0.891. The topological polar surface area (TPSA) is 29.1 Å². The van der Waals surface area contributed by atoms with Crippen LogP contribution in [0.2, 0.25) is 0 Å². The van der Waals surface area contributed by atoms with Crippen LogP contribution in [0.1, 0.15) is 44.4 Å². The lowest BCUT2D eigenvalue weighted by Gasteiger charge is -2.23. The third-order valence-corrected chi connectivity index (χ3v) is 5.93. The molecule has 0 aliphatic carbocycles. The van der Waals surface area contributed by atoms with Crippen LogP contribution in [0.3, 0.4) is 0 Å². The molecule has 0 amide bonds. The molecule has 0 aromatic heterocycles. The summed E-state index contributed by atoms with van der Waals surface area (Å²) in [5.41, 5.74) is 2.62. The van der Waals surface area contributed by atoms with E-state index in [1.807, 2.05) is 0 Å². The Labute approximate surface area is 113 Å². The normalized spacial score (nSPS) is 33.1. The molecule has 0 radical (unpaired) electrons. The number of benzene rings is 1. The van der Waals surface area contributed by atoms with E-state index in [-0.39, 0.29) is 11.3 Å². The van der Waals surface area contributed by atoms with Crippen LogP contribution in [0.15, 0.2) is 24.3 Å². The summed E-state index contributed by atoms with van der Waals surface area (Å²) in [4.78, 5) is 0. The monoisotopic (exact) mass is 265 g/mol. The number of rotatable bonds is 2. The highest BCUT2D eigenvalue weighted by Crippen LogP contribution is 2.26. The largest absolute Gasteiger partial charge is 0.309 e. The van der Waals surface area contributed by atoms with Crippen LogP contribution in [0, 0.1) is 0 Å². The Morgan fingerprint density at radius 2 is 1.94 bits per heavy atom. The summed E-state index contributed by atoms with van der Waals surface area (Å²) in [7, 11) is -0.747. The molecule has 1 fully saturated rings. The second kappa shape index (κ2) is 5.98. The van der Waals surface area contributed by atoms with E-state index in [1.54, 1.807) is 0 Å². The minimum absolute atomic E-state index is 0.176. The summed E-state index contributed by atoms with van der Waals surface area (Å²) in [6, 6.07) is 8.95. The Morgan fingerprint density at radius 3 is 2.56 bits per heavy atom. The Morgan fingerprint density at radius 1 is 1.28 bits per heavy atom. The molecule has 18 heavy (non-hydrogen) atoms. The molecule has 1 saturated heterocycles. The standard InChI is InChI=1S/C15H23NOS/c1-4-13-5-7-14(8-6-13)15-12(3)18(17)11(2)9-10-16-15/h5-8,11-12,15-16H,4,9-10H2,1-3H3. The van der Waals surface area contributed by atoms with Crippen LogP contribution in [-0.4, -0.2) is 21.3 Å². The van der Waals surface area contributed by atoms with Gasteiger partial charge in [0.05, 0.1) is 5.25 Å². The zero-order chi connectivity index (χ0) is 13.1. The summed E-state index contributed by atoms with van der Waals surface area (Å²) >= 11 is 0. The van der Waals surface area contributed by atoms with E-state index in [0.717, 1.165) is 19.4 Å². The van der Waals surface area contributed by atoms with Crippen LogP contribution in [0.25, 0.3) is 0 Å². The predicted molar refractivity (Wildman–Crippen MR) is 78.2 cm³/mol. The van der Waals surface area contributed by atoms with E-state index in [1.165, 1.54) is 11.1 Å². The number of nitrogens with one attached hydrogen (secondary N) is 1. The van der Waals surface area contributed by atoms with Crippen molar-refractivity contribution in [3.05, 3.63) is 35.4 Å². The van der Waals surface area contributed by atoms with Crippen molar-refractivity contribution >= 4 is 10.8 Å². The van der Waals surface area contributed by atoms with Gasteiger partial charge in [-0.15, -0.1) is 0 Å². The lowest BCUT2D eigenvalue weighted by molar-refractivity contribution is 0.531. The van der Waals surface area contributed by atoms with Crippen LogP contribution in [-0.2, 0) is 17.2 Å². The Hall–Kier alpha value is -0.670. The zero-order valence-corrected chi connectivity index (χ0v) is 12.3. The summed E-state index contributed by atoms with van der Waals surface area (Å²) in [5.74, 6) is 0. The molecule has 4 unspecified atom stereocenters. The van der Waals surface area contributed by atoms with Gasteiger partial charge in [-0.25, -0.2) is 0 Å². The molecule has 2 nitrogen and oxygen atoms in total. The minimum Gasteiger partial charge on any atom is -0.309 e. The summed E-state index contributed by atoms with van der Waals surface area (Å²) in [6.45, 7) is 7.32. The molecule has 0 bridgehead atoms. The molecule has 1 N–H and O–H groups in total. The molecule has 2 rings (SSSR count). The molecule has 1 heterocycles. The molecule has 1 aliphatic rings. The molecule has 0 spiro atoms. The fourth-order valence-electron chi connectivity index (χ4n) is 2.57. The van der Waals surface area contributed by atoms with Gasteiger partial charge in [-0.1, -0.05) is 38.1 Å². The fraction of sp³-hybridized carbons (Fsp3) is 0.600. The summed E-state index contributed by atoms with van der Waals surface area (Å²) in [6.07, 6.45) is 2.07. The highest BCUT2D eigenvalue weighted by atomic mass is 32.2. The molecular formula is C15H23NOS. The third kappa shape index (κ3) is 2.83. The lowest BCUT2D eigenvalue weighted by atomic mass is 10.0. The maximum Gasteiger partial charge on any atom is 0.0517 e. The molecule has 0 saturated carbocycles. The average Bonchev–Trinajstić information content (AvgIpc) is 2.53. The maximum absolute atomic E-state index is 12.3. The van der Waals surface area contributed by atoms with E-state index >= 15 is 0 Å². The second-order valence-corrected chi connectivity index (χ2v) is 7.37. The highest BCUT2D eigenvalue weighted by Gasteiger charge is 2.30. The smallest absolute Gasteiger partial charge is 0.0517 e. The van der Waals surface area contributed by atoms with Crippen LogP contribution in [0.4, 0.5) is 0 Å². The SMILES string of the molecule is CCc1ccc(C2NCCC(C)S(=O)C2C)cc1. The van der Waals surface area contributed by atoms with Crippen molar-refractivity contribution in [2.75, 3.05) is 6.54 Å². The molecule has 4 atom stereocenters.